The second-order valence-corrected chi connectivity index (χ2v) is 13.7. The van der Waals surface area contributed by atoms with Crippen molar-refractivity contribution in [3.05, 3.63) is 47.8 Å². The van der Waals surface area contributed by atoms with Gasteiger partial charge in [-0.25, -0.2) is 0 Å². The minimum atomic E-state index is -0.0853. The highest BCUT2D eigenvalue weighted by atomic mass is 16.7. The van der Waals surface area contributed by atoms with Crippen LogP contribution < -0.4 is 5.48 Å². The van der Waals surface area contributed by atoms with Gasteiger partial charge in [0.05, 0.1) is 0 Å². The van der Waals surface area contributed by atoms with E-state index < -0.39 is 0 Å². The lowest BCUT2D eigenvalue weighted by atomic mass is 9.46. The number of aromatic nitrogens is 1. The summed E-state index contributed by atoms with van der Waals surface area (Å²) in [5.74, 6) is 3.62. The highest BCUT2D eigenvalue weighted by Crippen LogP contribution is 2.66. The van der Waals surface area contributed by atoms with E-state index in [0.29, 0.717) is 23.2 Å². The molecule has 4 nitrogen and oxygen atoms in total. The molecular weight excluding hydrogens is 468 g/mol. The quantitative estimate of drug-likeness (QED) is 0.280. The Labute approximate surface area is 230 Å². The number of hydrogen-bond acceptors (Lipinski definition) is 4. The van der Waals surface area contributed by atoms with Crippen molar-refractivity contribution in [2.45, 2.75) is 104 Å². The standard InChI is InChI=1S/C34H48N2O2/c1-33-18-16-25(22-36-38-32(37)11-5-9-24-7-3-4-8-24)21-27(33)12-13-28-30-15-14-29(26-10-6-20-35-23-26)34(30,2)19-17-31(28)33/h6,10,14,20-21,23-25,28,30-31,36H,3-5,7-9,11-13,15-19,22H2,1-2H3/t25?,28-,30+,31+,33+,34-/m1/s1. The first-order valence-corrected chi connectivity index (χ1v) is 15.7. The maximum absolute atomic E-state index is 12.2. The molecule has 6 rings (SSSR count). The zero-order valence-electron chi connectivity index (χ0n) is 23.7. The zero-order chi connectivity index (χ0) is 26.2. The predicted octanol–water partition coefficient (Wildman–Crippen LogP) is 8.06. The van der Waals surface area contributed by atoms with E-state index in [4.69, 9.17) is 4.84 Å². The molecule has 1 aromatic heterocycles. The van der Waals surface area contributed by atoms with Gasteiger partial charge in [-0.05, 0) is 115 Å². The van der Waals surface area contributed by atoms with Gasteiger partial charge in [0.15, 0.2) is 0 Å². The molecule has 0 radical (unpaired) electrons. The van der Waals surface area contributed by atoms with Crippen molar-refractivity contribution in [3.8, 4) is 0 Å². The van der Waals surface area contributed by atoms with Gasteiger partial charge in [0.2, 0.25) is 0 Å². The Bertz CT molecular complexity index is 1060. The Morgan fingerprint density at radius 1 is 1.08 bits per heavy atom. The summed E-state index contributed by atoms with van der Waals surface area (Å²) in [4.78, 5) is 22.1. The second-order valence-electron chi connectivity index (χ2n) is 13.7. The fraction of sp³-hybridized carbons (Fsp3) is 0.706. The lowest BCUT2D eigenvalue weighted by Crippen LogP contribution is -2.50. The van der Waals surface area contributed by atoms with Crippen molar-refractivity contribution in [2.75, 3.05) is 6.54 Å². The molecule has 0 aliphatic heterocycles. The molecule has 4 heteroatoms. The van der Waals surface area contributed by atoms with Crippen LogP contribution in [0, 0.1) is 40.4 Å². The van der Waals surface area contributed by atoms with Crippen LogP contribution in [0.2, 0.25) is 0 Å². The van der Waals surface area contributed by atoms with Crippen LogP contribution in [0.4, 0.5) is 0 Å². The fourth-order valence-electron chi connectivity index (χ4n) is 9.61. The number of nitrogens with zero attached hydrogens (tertiary/aromatic N) is 1. The molecule has 0 bridgehead atoms. The molecule has 3 fully saturated rings. The Morgan fingerprint density at radius 2 is 1.92 bits per heavy atom. The van der Waals surface area contributed by atoms with Gasteiger partial charge < -0.3 is 4.84 Å². The lowest BCUT2D eigenvalue weighted by Gasteiger charge is -2.58. The molecule has 3 saturated carbocycles. The van der Waals surface area contributed by atoms with Gasteiger partial charge in [0.25, 0.3) is 0 Å². The highest BCUT2D eigenvalue weighted by molar-refractivity contribution is 5.72. The molecular formula is C34H48N2O2. The number of carbonyl (C=O) groups excluding carboxylic acids is 1. The summed E-state index contributed by atoms with van der Waals surface area (Å²) < 4.78 is 0. The van der Waals surface area contributed by atoms with E-state index in [-0.39, 0.29) is 5.97 Å². The van der Waals surface area contributed by atoms with Crippen LogP contribution in [-0.2, 0) is 9.63 Å². The summed E-state index contributed by atoms with van der Waals surface area (Å²) in [6.07, 6.45) is 26.1. The number of rotatable bonds is 8. The number of pyridine rings is 1. The normalized spacial score (nSPS) is 36.6. The van der Waals surface area contributed by atoms with E-state index in [9.17, 15) is 4.79 Å². The number of allylic oxidation sites excluding steroid dienone is 3. The molecule has 5 aliphatic rings. The first-order valence-electron chi connectivity index (χ1n) is 15.7. The van der Waals surface area contributed by atoms with Gasteiger partial charge in [0, 0.05) is 25.4 Å². The molecule has 0 saturated heterocycles. The Kier molecular flexibility index (Phi) is 7.55. The summed E-state index contributed by atoms with van der Waals surface area (Å²) in [5.41, 5.74) is 8.27. The third kappa shape index (κ3) is 4.91. The van der Waals surface area contributed by atoms with Crippen LogP contribution in [0.25, 0.3) is 5.57 Å². The first-order chi connectivity index (χ1) is 18.5. The monoisotopic (exact) mass is 516 g/mol. The van der Waals surface area contributed by atoms with Crippen molar-refractivity contribution in [2.24, 2.45) is 40.4 Å². The Hall–Kier alpha value is -1.94. The van der Waals surface area contributed by atoms with Gasteiger partial charge in [-0.15, -0.1) is 0 Å². The lowest BCUT2D eigenvalue weighted by molar-refractivity contribution is -0.151. The molecule has 0 amide bonds. The molecule has 38 heavy (non-hydrogen) atoms. The van der Waals surface area contributed by atoms with Crippen molar-refractivity contribution >= 4 is 11.5 Å². The number of nitrogens with one attached hydrogen (secondary N) is 1. The molecule has 206 valence electrons. The molecule has 0 aromatic carbocycles. The third-order valence-electron chi connectivity index (χ3n) is 11.8. The summed E-state index contributed by atoms with van der Waals surface area (Å²) in [7, 11) is 0. The molecule has 1 heterocycles. The molecule has 6 atom stereocenters. The number of carbonyl (C=O) groups is 1. The minimum Gasteiger partial charge on any atom is -0.371 e. The summed E-state index contributed by atoms with van der Waals surface area (Å²) in [5, 5.41) is 0. The van der Waals surface area contributed by atoms with Gasteiger partial charge in [-0.3, -0.25) is 9.78 Å². The van der Waals surface area contributed by atoms with Crippen LogP contribution >= 0.6 is 0 Å². The smallest absolute Gasteiger partial charge is 0.324 e. The summed E-state index contributed by atoms with van der Waals surface area (Å²) >= 11 is 0. The van der Waals surface area contributed by atoms with E-state index in [0.717, 1.165) is 36.6 Å². The maximum Gasteiger partial charge on any atom is 0.324 e. The summed E-state index contributed by atoms with van der Waals surface area (Å²) in [6.45, 7) is 5.88. The zero-order valence-corrected chi connectivity index (χ0v) is 23.7. The van der Waals surface area contributed by atoms with E-state index in [1.165, 1.54) is 82.6 Å². The average molecular weight is 517 g/mol. The second kappa shape index (κ2) is 10.9. The molecule has 1 unspecified atom stereocenters. The van der Waals surface area contributed by atoms with Gasteiger partial charge in [-0.2, -0.15) is 5.48 Å². The van der Waals surface area contributed by atoms with Gasteiger partial charge in [0.1, 0.15) is 0 Å². The largest absolute Gasteiger partial charge is 0.371 e. The van der Waals surface area contributed by atoms with Gasteiger partial charge >= 0.3 is 5.97 Å². The Morgan fingerprint density at radius 3 is 2.74 bits per heavy atom. The minimum absolute atomic E-state index is 0.0853. The Balaban J connectivity index is 1.03. The van der Waals surface area contributed by atoms with Crippen LogP contribution in [0.3, 0.4) is 0 Å². The first kappa shape index (κ1) is 26.3. The van der Waals surface area contributed by atoms with Gasteiger partial charge in [-0.1, -0.05) is 63.3 Å². The number of hydroxylamine groups is 1. The SMILES string of the molecule is C[C@]12CCC(CNOC(=O)CCCC3CCCC3)C=C1CC[C@H]1[C@@H]2CC[C@]2(C)C(c3cccnc3)=CC[C@@H]12. The van der Waals surface area contributed by atoms with E-state index in [1.807, 2.05) is 6.20 Å². The van der Waals surface area contributed by atoms with Crippen LogP contribution in [0.1, 0.15) is 109 Å². The highest BCUT2D eigenvalue weighted by Gasteiger charge is 2.57. The van der Waals surface area contributed by atoms with E-state index in [1.54, 1.807) is 11.1 Å². The van der Waals surface area contributed by atoms with Crippen molar-refractivity contribution in [3.63, 3.8) is 0 Å². The molecule has 0 spiro atoms. The van der Waals surface area contributed by atoms with E-state index >= 15 is 0 Å². The predicted molar refractivity (Wildman–Crippen MR) is 153 cm³/mol. The number of fused-ring (bicyclic) bond motifs is 5. The average Bonchev–Trinajstić information content (AvgIpc) is 3.57. The van der Waals surface area contributed by atoms with Crippen LogP contribution in [0.15, 0.2) is 42.3 Å². The van der Waals surface area contributed by atoms with Crippen molar-refractivity contribution < 1.29 is 9.63 Å². The van der Waals surface area contributed by atoms with Crippen molar-refractivity contribution in [1.82, 2.24) is 10.5 Å². The van der Waals surface area contributed by atoms with Crippen LogP contribution in [-0.4, -0.2) is 17.5 Å². The molecule has 1 N–H and O–H groups in total. The van der Waals surface area contributed by atoms with Crippen LogP contribution in [0.5, 0.6) is 0 Å². The fourth-order valence-corrected chi connectivity index (χ4v) is 9.61. The number of hydrogen-bond donors (Lipinski definition) is 1. The molecule has 1 aromatic rings. The third-order valence-corrected chi connectivity index (χ3v) is 11.8. The maximum atomic E-state index is 12.2. The van der Waals surface area contributed by atoms with E-state index in [2.05, 4.69) is 54.8 Å². The summed E-state index contributed by atoms with van der Waals surface area (Å²) in [6, 6.07) is 4.34. The topological polar surface area (TPSA) is 51.2 Å². The molecule has 5 aliphatic carbocycles. The van der Waals surface area contributed by atoms with Crippen molar-refractivity contribution in [1.29, 1.82) is 0 Å².